The van der Waals surface area contributed by atoms with Gasteiger partial charge in [0.05, 0.1) is 36.0 Å². The van der Waals surface area contributed by atoms with Crippen LogP contribution in [0.25, 0.3) is 0 Å². The van der Waals surface area contributed by atoms with Crippen molar-refractivity contribution < 1.29 is 41.8 Å². The monoisotopic (exact) mass is 631 g/mol. The molecule has 1 aliphatic rings. The van der Waals surface area contributed by atoms with Crippen molar-refractivity contribution in [1.82, 2.24) is 9.80 Å². The number of carbonyl (C=O) groups excluding carboxylic acids is 3. The van der Waals surface area contributed by atoms with E-state index in [1.54, 1.807) is 6.92 Å². The normalized spacial score (nSPS) is 17.2. The number of hydrogen-bond donors (Lipinski definition) is 4. The zero-order valence-corrected chi connectivity index (χ0v) is 24.7. The Morgan fingerprint density at radius 1 is 1.02 bits per heavy atom. The van der Waals surface area contributed by atoms with E-state index in [9.17, 15) is 37.1 Å². The van der Waals surface area contributed by atoms with Gasteiger partial charge in [0.25, 0.3) is 5.91 Å². The van der Waals surface area contributed by atoms with Gasteiger partial charge in [0.15, 0.2) is 5.75 Å². The van der Waals surface area contributed by atoms with Crippen LogP contribution in [0, 0.1) is 11.7 Å². The van der Waals surface area contributed by atoms with Gasteiger partial charge in [-0.3, -0.25) is 4.79 Å². The zero-order valence-electron chi connectivity index (χ0n) is 24.7. The lowest BCUT2D eigenvalue weighted by atomic mass is 9.99. The zero-order chi connectivity index (χ0) is 32.9. The van der Waals surface area contributed by atoms with Gasteiger partial charge in [0.2, 0.25) is 0 Å². The molecule has 0 saturated heterocycles. The Kier molecular flexibility index (Phi) is 10.2. The van der Waals surface area contributed by atoms with Crippen LogP contribution in [0.15, 0.2) is 66.7 Å². The van der Waals surface area contributed by atoms with Gasteiger partial charge in [-0.25, -0.2) is 14.0 Å². The van der Waals surface area contributed by atoms with Gasteiger partial charge in [0.1, 0.15) is 11.9 Å². The summed E-state index contributed by atoms with van der Waals surface area (Å²) in [5, 5.41) is 17.6. The summed E-state index contributed by atoms with van der Waals surface area (Å²) in [5.41, 5.74) is -0.204. The summed E-state index contributed by atoms with van der Waals surface area (Å²) in [4.78, 5) is 42.4. The molecule has 0 radical (unpaired) electrons. The molecule has 1 aliphatic heterocycles. The average molecular weight is 632 g/mol. The third-order valence-corrected chi connectivity index (χ3v) is 7.31. The summed E-state index contributed by atoms with van der Waals surface area (Å²) in [5.74, 6) is -1.26. The van der Waals surface area contributed by atoms with Crippen LogP contribution in [0.3, 0.4) is 0 Å². The fourth-order valence-corrected chi connectivity index (χ4v) is 4.69. The van der Waals surface area contributed by atoms with Gasteiger partial charge in [-0.05, 0) is 67.6 Å². The second kappa shape index (κ2) is 13.8. The molecular weight excluding hydrogens is 598 g/mol. The SMILES string of the molecule is C[C@H]1CN([C@@H](C)CO)C(=O)c2cccc(NC(=O)Nc3ccc(C(F)(F)F)cc3)c2O[C@H]1CN(C)C(=O)Nc1ccc(F)cc1. The highest BCUT2D eigenvalue weighted by Crippen LogP contribution is 2.35. The van der Waals surface area contributed by atoms with Gasteiger partial charge in [-0.1, -0.05) is 13.0 Å². The fourth-order valence-electron chi connectivity index (χ4n) is 4.69. The van der Waals surface area contributed by atoms with Gasteiger partial charge in [-0.2, -0.15) is 13.2 Å². The smallest absolute Gasteiger partial charge is 0.416 e. The van der Waals surface area contributed by atoms with Crippen LogP contribution >= 0.6 is 0 Å². The number of nitrogens with one attached hydrogen (secondary N) is 3. The van der Waals surface area contributed by atoms with Crippen molar-refractivity contribution in [2.75, 3.05) is 42.7 Å². The molecule has 10 nitrogen and oxygen atoms in total. The van der Waals surface area contributed by atoms with Gasteiger partial charge >= 0.3 is 18.2 Å². The lowest BCUT2D eigenvalue weighted by Crippen LogP contribution is -2.50. The lowest BCUT2D eigenvalue weighted by molar-refractivity contribution is -0.137. The second-order valence-electron chi connectivity index (χ2n) is 10.8. The van der Waals surface area contributed by atoms with Crippen LogP contribution in [0.1, 0.15) is 29.8 Å². The molecule has 4 rings (SSSR count). The summed E-state index contributed by atoms with van der Waals surface area (Å²) < 4.78 is 58.4. The van der Waals surface area contributed by atoms with E-state index >= 15 is 0 Å². The minimum atomic E-state index is -4.53. The van der Waals surface area contributed by atoms with E-state index in [1.807, 2.05) is 6.92 Å². The van der Waals surface area contributed by atoms with Crippen molar-refractivity contribution in [3.8, 4) is 5.75 Å². The second-order valence-corrected chi connectivity index (χ2v) is 10.8. The Bertz CT molecular complexity index is 1520. The number of alkyl halides is 3. The van der Waals surface area contributed by atoms with E-state index in [4.69, 9.17) is 4.74 Å². The molecule has 0 unspecified atom stereocenters. The summed E-state index contributed by atoms with van der Waals surface area (Å²) in [7, 11) is 1.54. The molecule has 45 heavy (non-hydrogen) atoms. The van der Waals surface area contributed by atoms with Crippen LogP contribution in [-0.2, 0) is 6.18 Å². The quantitative estimate of drug-likeness (QED) is 0.243. The number of rotatable bonds is 7. The number of carbonyl (C=O) groups is 3. The number of para-hydroxylation sites is 1. The maximum Gasteiger partial charge on any atom is 0.416 e. The number of anilines is 3. The molecular formula is C31H33F4N5O5. The number of aliphatic hydroxyl groups is 1. The summed E-state index contributed by atoms with van der Waals surface area (Å²) in [6.45, 7) is 3.41. The molecule has 240 valence electrons. The van der Waals surface area contributed by atoms with E-state index in [0.29, 0.717) is 5.69 Å². The number of hydrogen-bond acceptors (Lipinski definition) is 5. The van der Waals surface area contributed by atoms with Crippen LogP contribution < -0.4 is 20.7 Å². The first-order valence-electron chi connectivity index (χ1n) is 14.0. The molecule has 3 aromatic carbocycles. The minimum absolute atomic E-state index is 0.0177. The van der Waals surface area contributed by atoms with E-state index in [1.165, 1.54) is 59.3 Å². The third-order valence-electron chi connectivity index (χ3n) is 7.31. The highest BCUT2D eigenvalue weighted by molar-refractivity contribution is 6.04. The molecule has 0 fully saturated rings. The Morgan fingerprint density at radius 2 is 1.64 bits per heavy atom. The van der Waals surface area contributed by atoms with E-state index in [2.05, 4.69) is 16.0 Å². The molecule has 3 atom stereocenters. The maximum atomic E-state index is 13.7. The van der Waals surface area contributed by atoms with Crippen LogP contribution in [-0.4, -0.2) is 71.8 Å². The number of amides is 5. The van der Waals surface area contributed by atoms with Crippen molar-refractivity contribution in [2.24, 2.45) is 5.92 Å². The number of urea groups is 2. The van der Waals surface area contributed by atoms with E-state index in [-0.39, 0.29) is 48.3 Å². The highest BCUT2D eigenvalue weighted by atomic mass is 19.4. The average Bonchev–Trinajstić information content (AvgIpc) is 2.99. The highest BCUT2D eigenvalue weighted by Gasteiger charge is 2.35. The van der Waals surface area contributed by atoms with Crippen molar-refractivity contribution in [3.05, 3.63) is 83.7 Å². The number of aliphatic hydroxyl groups excluding tert-OH is 1. The Labute approximate surface area is 257 Å². The maximum absolute atomic E-state index is 13.7. The first-order chi connectivity index (χ1) is 21.3. The van der Waals surface area contributed by atoms with Crippen molar-refractivity contribution >= 4 is 35.0 Å². The predicted octanol–water partition coefficient (Wildman–Crippen LogP) is 5.87. The Morgan fingerprint density at radius 3 is 2.27 bits per heavy atom. The largest absolute Gasteiger partial charge is 0.485 e. The molecule has 0 aliphatic carbocycles. The van der Waals surface area contributed by atoms with E-state index < -0.39 is 47.7 Å². The fraction of sp³-hybridized carbons (Fsp3) is 0.323. The summed E-state index contributed by atoms with van der Waals surface area (Å²) >= 11 is 0. The minimum Gasteiger partial charge on any atom is -0.485 e. The number of nitrogens with zero attached hydrogens (tertiary/aromatic N) is 2. The predicted molar refractivity (Wildman–Crippen MR) is 160 cm³/mol. The van der Waals surface area contributed by atoms with Crippen LogP contribution in [0.4, 0.5) is 44.2 Å². The van der Waals surface area contributed by atoms with Gasteiger partial charge in [-0.15, -0.1) is 0 Å². The topological polar surface area (TPSA) is 123 Å². The molecule has 0 spiro atoms. The van der Waals surface area contributed by atoms with Crippen LogP contribution in [0.5, 0.6) is 5.75 Å². The lowest BCUT2D eigenvalue weighted by Gasteiger charge is -2.38. The third kappa shape index (κ3) is 8.20. The van der Waals surface area contributed by atoms with E-state index in [0.717, 1.165) is 24.3 Å². The van der Waals surface area contributed by atoms with Crippen molar-refractivity contribution in [2.45, 2.75) is 32.2 Å². The van der Waals surface area contributed by atoms with Crippen LogP contribution in [0.2, 0.25) is 0 Å². The molecule has 14 heteroatoms. The summed E-state index contributed by atoms with van der Waals surface area (Å²) in [6.07, 6.45) is -5.24. The number of halogens is 4. The molecule has 0 bridgehead atoms. The number of ether oxygens (including phenoxy) is 1. The standard InChI is InChI=1S/C31H33F4N5O5/c1-18-15-40(19(2)17-41)28(42)24-5-4-6-25(38-29(43)36-22-11-7-20(8-12-22)31(33,34)35)27(24)45-26(18)16-39(3)30(44)37-23-13-9-21(32)10-14-23/h4-14,18-19,26,41H,15-17H2,1-3H3,(H,37,44)(H2,36,38,43)/t18-,19-,26-/m0/s1. The molecule has 5 amide bonds. The Hall–Kier alpha value is -4.85. The van der Waals surface area contributed by atoms with Crippen molar-refractivity contribution in [1.29, 1.82) is 0 Å². The molecule has 1 heterocycles. The first-order valence-corrected chi connectivity index (χ1v) is 14.0. The Balaban J connectivity index is 1.59. The summed E-state index contributed by atoms with van der Waals surface area (Å²) in [6, 6.07) is 11.8. The number of likely N-dealkylation sites (N-methyl/N-ethyl adjacent to an activating group) is 1. The van der Waals surface area contributed by atoms with Gasteiger partial charge in [0, 0.05) is 30.9 Å². The molecule has 0 aromatic heterocycles. The number of fused-ring (bicyclic) bond motifs is 1. The molecule has 3 aromatic rings. The molecule has 0 saturated carbocycles. The molecule has 4 N–H and O–H groups in total. The number of benzene rings is 3. The van der Waals surface area contributed by atoms with Gasteiger partial charge < -0.3 is 35.6 Å². The first kappa shape index (κ1) is 33.1. The van der Waals surface area contributed by atoms with Crippen molar-refractivity contribution in [3.63, 3.8) is 0 Å².